The van der Waals surface area contributed by atoms with Crippen LogP contribution in [0, 0.1) is 0 Å². The van der Waals surface area contributed by atoms with E-state index in [2.05, 4.69) is 6.07 Å². The second-order valence-electron chi connectivity index (χ2n) is 7.07. The van der Waals surface area contributed by atoms with Crippen LogP contribution < -0.4 is 0 Å². The van der Waals surface area contributed by atoms with Gasteiger partial charge in [0.1, 0.15) is 0 Å². The average Bonchev–Trinajstić information content (AvgIpc) is 2.61. The van der Waals surface area contributed by atoms with Crippen molar-refractivity contribution in [3.8, 4) is 0 Å². The van der Waals surface area contributed by atoms with Crippen molar-refractivity contribution >= 4 is 27.5 Å². The van der Waals surface area contributed by atoms with E-state index < -0.39 is 11.7 Å². The van der Waals surface area contributed by atoms with Crippen LogP contribution in [0.3, 0.4) is 0 Å². The number of β-amino-alcohol motifs (C(OH)–C–C–N with tert-alkyl or cyclic N) is 1. The second-order valence-corrected chi connectivity index (χ2v) is 7.07. The lowest BCUT2D eigenvalue weighted by Gasteiger charge is -2.40. The molecule has 1 aliphatic rings. The first-order valence-electron chi connectivity index (χ1n) is 8.57. The maximum absolute atomic E-state index is 13.3. The van der Waals surface area contributed by atoms with Gasteiger partial charge in [0.15, 0.2) is 0 Å². The number of hydrogen-bond donors (Lipinski definition) is 2. The van der Waals surface area contributed by atoms with Crippen LogP contribution in [-0.4, -0.2) is 45.8 Å². The Morgan fingerprint density at radius 1 is 1.08 bits per heavy atom. The minimum Gasteiger partial charge on any atom is -0.388 e. The number of rotatable bonds is 1. The van der Waals surface area contributed by atoms with Gasteiger partial charge >= 0.3 is 0 Å². The van der Waals surface area contributed by atoms with Crippen LogP contribution in [0.5, 0.6) is 0 Å². The molecule has 3 aromatic rings. The smallest absolute Gasteiger partial charge is 0.255 e. The molecule has 3 aromatic carbocycles. The van der Waals surface area contributed by atoms with Gasteiger partial charge in [0.2, 0.25) is 0 Å². The summed E-state index contributed by atoms with van der Waals surface area (Å²) in [6, 6.07) is 17.8. The van der Waals surface area contributed by atoms with Crippen molar-refractivity contribution in [2.45, 2.75) is 25.0 Å². The van der Waals surface area contributed by atoms with Crippen molar-refractivity contribution in [2.24, 2.45) is 0 Å². The van der Waals surface area contributed by atoms with Gasteiger partial charge in [-0.05, 0) is 41.0 Å². The Balaban J connectivity index is 1.86. The highest BCUT2D eigenvalue weighted by atomic mass is 16.3. The first-order chi connectivity index (χ1) is 12.0. The number of aliphatic hydroxyl groups excluding tert-OH is 1. The molecular formula is C21H21NO3. The van der Waals surface area contributed by atoms with Crippen molar-refractivity contribution in [3.05, 3.63) is 60.2 Å². The monoisotopic (exact) mass is 335 g/mol. The molecule has 0 bridgehead atoms. The van der Waals surface area contributed by atoms with Gasteiger partial charge in [-0.1, -0.05) is 48.5 Å². The first-order valence-corrected chi connectivity index (χ1v) is 8.57. The van der Waals surface area contributed by atoms with Crippen LogP contribution in [-0.2, 0) is 0 Å². The minimum atomic E-state index is -1.14. The summed E-state index contributed by atoms with van der Waals surface area (Å²) in [5.41, 5.74) is -0.472. The van der Waals surface area contributed by atoms with Crippen LogP contribution in [0.1, 0.15) is 23.7 Å². The number of benzene rings is 3. The first kappa shape index (κ1) is 16.1. The van der Waals surface area contributed by atoms with Crippen LogP contribution in [0.2, 0.25) is 0 Å². The van der Waals surface area contributed by atoms with Gasteiger partial charge in [0, 0.05) is 13.1 Å². The number of carbonyl (C=O) groups is 1. The Morgan fingerprint density at radius 2 is 1.64 bits per heavy atom. The number of amides is 1. The Morgan fingerprint density at radius 3 is 2.20 bits per heavy atom. The normalized spacial score (nSPS) is 24.0. The SMILES string of the molecule is C[C@@]1(O)CCN(C(=O)c2c3ccccc3cc3ccccc23)C[C@@H]1O. The summed E-state index contributed by atoms with van der Waals surface area (Å²) in [5, 5.41) is 24.2. The van der Waals surface area contributed by atoms with Crippen LogP contribution in [0.15, 0.2) is 54.6 Å². The van der Waals surface area contributed by atoms with Gasteiger partial charge in [-0.15, -0.1) is 0 Å². The number of fused-ring (bicyclic) bond motifs is 2. The van der Waals surface area contributed by atoms with E-state index in [1.165, 1.54) is 0 Å². The fourth-order valence-corrected chi connectivity index (χ4v) is 3.61. The van der Waals surface area contributed by atoms with E-state index >= 15 is 0 Å². The fraction of sp³-hybridized carbons (Fsp3) is 0.286. The van der Waals surface area contributed by atoms with Crippen LogP contribution in [0.25, 0.3) is 21.5 Å². The molecule has 2 N–H and O–H groups in total. The van der Waals surface area contributed by atoms with Crippen molar-refractivity contribution in [2.75, 3.05) is 13.1 Å². The summed E-state index contributed by atoms with van der Waals surface area (Å²) >= 11 is 0. The molecule has 128 valence electrons. The van der Waals surface area contributed by atoms with Crippen molar-refractivity contribution in [1.29, 1.82) is 0 Å². The minimum absolute atomic E-state index is 0.0949. The molecule has 0 saturated carbocycles. The number of carbonyl (C=O) groups excluding carboxylic acids is 1. The predicted octanol–water partition coefficient (Wildman–Crippen LogP) is 2.95. The lowest BCUT2D eigenvalue weighted by molar-refractivity contribution is -0.0998. The van der Waals surface area contributed by atoms with Gasteiger partial charge < -0.3 is 15.1 Å². The van der Waals surface area contributed by atoms with Gasteiger partial charge in [0.25, 0.3) is 5.91 Å². The van der Waals surface area contributed by atoms with Crippen molar-refractivity contribution in [3.63, 3.8) is 0 Å². The zero-order chi connectivity index (χ0) is 17.6. The average molecular weight is 335 g/mol. The molecule has 0 spiro atoms. The molecule has 2 atom stereocenters. The van der Waals surface area contributed by atoms with E-state index in [1.54, 1.807) is 11.8 Å². The summed E-state index contributed by atoms with van der Waals surface area (Å²) in [6.45, 7) is 2.19. The summed E-state index contributed by atoms with van der Waals surface area (Å²) < 4.78 is 0. The number of likely N-dealkylation sites (tertiary alicyclic amines) is 1. The Labute approximate surface area is 146 Å². The van der Waals surface area contributed by atoms with E-state index in [-0.39, 0.29) is 12.5 Å². The molecule has 1 saturated heterocycles. The van der Waals surface area contributed by atoms with Gasteiger partial charge in [0.05, 0.1) is 17.3 Å². The van der Waals surface area contributed by atoms with Crippen molar-refractivity contribution in [1.82, 2.24) is 4.90 Å². The van der Waals surface area contributed by atoms with Gasteiger partial charge in [-0.3, -0.25) is 4.79 Å². The molecular weight excluding hydrogens is 314 g/mol. The third-order valence-corrected chi connectivity index (χ3v) is 5.27. The molecule has 4 rings (SSSR count). The molecule has 0 radical (unpaired) electrons. The highest BCUT2D eigenvalue weighted by Gasteiger charge is 2.38. The Kier molecular flexibility index (Phi) is 3.74. The predicted molar refractivity (Wildman–Crippen MR) is 98.6 cm³/mol. The topological polar surface area (TPSA) is 60.8 Å². The molecule has 25 heavy (non-hydrogen) atoms. The molecule has 1 aliphatic heterocycles. The second kappa shape index (κ2) is 5.83. The zero-order valence-electron chi connectivity index (χ0n) is 14.1. The van der Waals surface area contributed by atoms with E-state index in [0.29, 0.717) is 18.5 Å². The largest absolute Gasteiger partial charge is 0.388 e. The summed E-state index contributed by atoms with van der Waals surface area (Å²) in [6.07, 6.45) is -0.575. The standard InChI is InChI=1S/C21H21NO3/c1-21(25)10-11-22(13-18(21)23)20(24)19-16-8-4-2-6-14(16)12-15-7-3-5-9-17(15)19/h2-9,12,18,23,25H,10-11,13H2,1H3/t18-,21+/m0/s1. The molecule has 0 aromatic heterocycles. The third kappa shape index (κ3) is 2.68. The number of hydrogen-bond acceptors (Lipinski definition) is 3. The maximum atomic E-state index is 13.3. The van der Waals surface area contributed by atoms with Crippen LogP contribution in [0.4, 0.5) is 0 Å². The molecule has 1 fully saturated rings. The molecule has 1 heterocycles. The molecule has 4 nitrogen and oxygen atoms in total. The summed E-state index contributed by atoms with van der Waals surface area (Å²) in [7, 11) is 0. The zero-order valence-corrected chi connectivity index (χ0v) is 14.1. The third-order valence-electron chi connectivity index (χ3n) is 5.27. The lowest BCUT2D eigenvalue weighted by atomic mass is 9.89. The molecule has 1 amide bonds. The molecule has 0 unspecified atom stereocenters. The number of aliphatic hydroxyl groups is 2. The van der Waals surface area contributed by atoms with Gasteiger partial charge in [-0.2, -0.15) is 0 Å². The van der Waals surface area contributed by atoms with Gasteiger partial charge in [-0.25, -0.2) is 0 Å². The maximum Gasteiger partial charge on any atom is 0.255 e. The van der Waals surface area contributed by atoms with Crippen LogP contribution >= 0.6 is 0 Å². The number of nitrogens with zero attached hydrogens (tertiary/aromatic N) is 1. The Hall–Kier alpha value is -2.43. The van der Waals surface area contributed by atoms with E-state index in [1.807, 2.05) is 48.5 Å². The van der Waals surface area contributed by atoms with E-state index in [4.69, 9.17) is 0 Å². The highest BCUT2D eigenvalue weighted by molar-refractivity contribution is 6.18. The van der Waals surface area contributed by atoms with Crippen molar-refractivity contribution < 1.29 is 15.0 Å². The van der Waals surface area contributed by atoms with E-state index in [9.17, 15) is 15.0 Å². The summed E-state index contributed by atoms with van der Waals surface area (Å²) in [5.74, 6) is -0.0949. The quantitative estimate of drug-likeness (QED) is 0.672. The summed E-state index contributed by atoms with van der Waals surface area (Å²) in [4.78, 5) is 15.0. The lowest BCUT2D eigenvalue weighted by Crippen LogP contribution is -2.55. The Bertz CT molecular complexity index is 910. The van der Waals surface area contributed by atoms with E-state index in [0.717, 1.165) is 21.5 Å². The molecule has 0 aliphatic carbocycles. The highest BCUT2D eigenvalue weighted by Crippen LogP contribution is 2.31. The fourth-order valence-electron chi connectivity index (χ4n) is 3.61. The molecule has 4 heteroatoms. The number of piperidine rings is 1.